The van der Waals surface area contributed by atoms with E-state index in [1.54, 1.807) is 13.0 Å². The number of anilines is 1. The van der Waals surface area contributed by atoms with Gasteiger partial charge in [-0.05, 0) is 24.6 Å². The SMILES string of the molecule is Cc1cc(Cl)c(C(=O)Nc2nc(S(C)(=O)=O)cs2)cc1Cl. The zero-order valence-corrected chi connectivity index (χ0v) is 14.1. The second-order valence-electron chi connectivity index (χ2n) is 4.30. The molecule has 1 aromatic carbocycles. The summed E-state index contributed by atoms with van der Waals surface area (Å²) in [5.74, 6) is -0.503. The van der Waals surface area contributed by atoms with Crippen LogP contribution in [0.25, 0.3) is 0 Å². The summed E-state index contributed by atoms with van der Waals surface area (Å²) in [6.07, 6.45) is 1.05. The lowest BCUT2D eigenvalue weighted by molar-refractivity contribution is 0.102. The number of halogens is 2. The van der Waals surface area contributed by atoms with Crippen LogP contribution < -0.4 is 5.32 Å². The number of thiazole rings is 1. The number of rotatable bonds is 3. The van der Waals surface area contributed by atoms with E-state index in [-0.39, 0.29) is 20.7 Å². The minimum absolute atomic E-state index is 0.0872. The summed E-state index contributed by atoms with van der Waals surface area (Å²) in [4.78, 5) is 16.0. The van der Waals surface area contributed by atoms with E-state index < -0.39 is 15.7 Å². The van der Waals surface area contributed by atoms with Crippen LogP contribution in [0.1, 0.15) is 15.9 Å². The van der Waals surface area contributed by atoms with Crippen LogP contribution >= 0.6 is 34.5 Å². The van der Waals surface area contributed by atoms with Crippen LogP contribution in [0.4, 0.5) is 5.13 Å². The van der Waals surface area contributed by atoms with Crippen LogP contribution in [0.15, 0.2) is 22.5 Å². The summed E-state index contributed by atoms with van der Waals surface area (Å²) in [7, 11) is -3.40. The first-order valence-electron chi connectivity index (χ1n) is 5.61. The van der Waals surface area contributed by atoms with E-state index >= 15 is 0 Å². The minimum Gasteiger partial charge on any atom is -0.298 e. The maximum absolute atomic E-state index is 12.1. The second-order valence-corrected chi connectivity index (χ2v) is 7.93. The molecule has 0 aliphatic rings. The normalized spacial score (nSPS) is 11.4. The van der Waals surface area contributed by atoms with Crippen molar-refractivity contribution in [2.24, 2.45) is 0 Å². The lowest BCUT2D eigenvalue weighted by Crippen LogP contribution is -2.13. The predicted molar refractivity (Wildman–Crippen MR) is 84.4 cm³/mol. The molecule has 21 heavy (non-hydrogen) atoms. The van der Waals surface area contributed by atoms with Gasteiger partial charge in [0.15, 0.2) is 20.0 Å². The van der Waals surface area contributed by atoms with Crippen molar-refractivity contribution in [1.82, 2.24) is 4.98 Å². The number of nitrogens with one attached hydrogen (secondary N) is 1. The van der Waals surface area contributed by atoms with Gasteiger partial charge in [0, 0.05) is 16.7 Å². The number of aromatic nitrogens is 1. The number of sulfone groups is 1. The molecule has 0 bridgehead atoms. The third kappa shape index (κ3) is 3.74. The zero-order valence-electron chi connectivity index (χ0n) is 11.0. The Morgan fingerprint density at radius 2 is 1.95 bits per heavy atom. The Labute approximate surface area is 135 Å². The number of carbonyl (C=O) groups excluding carboxylic acids is 1. The van der Waals surface area contributed by atoms with E-state index in [4.69, 9.17) is 23.2 Å². The number of nitrogens with zero attached hydrogens (tertiary/aromatic N) is 1. The molecule has 0 unspecified atom stereocenters. The molecule has 0 aliphatic carbocycles. The summed E-state index contributed by atoms with van der Waals surface area (Å²) in [6, 6.07) is 3.04. The van der Waals surface area contributed by atoms with E-state index in [9.17, 15) is 13.2 Å². The van der Waals surface area contributed by atoms with Gasteiger partial charge in [0.2, 0.25) is 0 Å². The third-order valence-electron chi connectivity index (χ3n) is 2.58. The van der Waals surface area contributed by atoms with Gasteiger partial charge >= 0.3 is 0 Å². The lowest BCUT2D eigenvalue weighted by atomic mass is 10.1. The molecule has 1 N–H and O–H groups in total. The molecular formula is C12H10Cl2N2O3S2. The highest BCUT2D eigenvalue weighted by atomic mass is 35.5. The van der Waals surface area contributed by atoms with Gasteiger partial charge in [0.05, 0.1) is 10.6 Å². The largest absolute Gasteiger partial charge is 0.298 e. The topological polar surface area (TPSA) is 76.1 Å². The van der Waals surface area contributed by atoms with Crippen LogP contribution in [-0.2, 0) is 9.84 Å². The van der Waals surface area contributed by atoms with Crippen molar-refractivity contribution in [3.8, 4) is 0 Å². The minimum atomic E-state index is -3.40. The number of hydrogen-bond acceptors (Lipinski definition) is 5. The highest BCUT2D eigenvalue weighted by molar-refractivity contribution is 7.90. The maximum Gasteiger partial charge on any atom is 0.259 e. The molecule has 0 spiro atoms. The average molecular weight is 365 g/mol. The molecule has 0 saturated carbocycles. The van der Waals surface area contributed by atoms with Gasteiger partial charge in [-0.25, -0.2) is 13.4 Å². The molecule has 5 nitrogen and oxygen atoms in total. The Morgan fingerprint density at radius 1 is 1.29 bits per heavy atom. The maximum atomic E-state index is 12.1. The van der Waals surface area contributed by atoms with Crippen LogP contribution in [-0.4, -0.2) is 25.6 Å². The molecule has 112 valence electrons. The van der Waals surface area contributed by atoms with E-state index in [0.29, 0.717) is 5.02 Å². The lowest BCUT2D eigenvalue weighted by Gasteiger charge is -2.06. The van der Waals surface area contributed by atoms with Crippen molar-refractivity contribution in [1.29, 1.82) is 0 Å². The van der Waals surface area contributed by atoms with Crippen molar-refractivity contribution >= 4 is 55.4 Å². The van der Waals surface area contributed by atoms with E-state index in [2.05, 4.69) is 10.3 Å². The number of benzene rings is 1. The third-order valence-corrected chi connectivity index (χ3v) is 5.17. The Bertz CT molecular complexity index is 816. The summed E-state index contributed by atoms with van der Waals surface area (Å²) < 4.78 is 22.7. The summed E-state index contributed by atoms with van der Waals surface area (Å²) >= 11 is 13.0. The Hall–Kier alpha value is -1.15. The molecule has 2 rings (SSSR count). The molecule has 9 heteroatoms. The van der Waals surface area contributed by atoms with Gasteiger partial charge in [-0.3, -0.25) is 10.1 Å². The Balaban J connectivity index is 2.26. The number of amides is 1. The standard InChI is InChI=1S/C12H10Cl2N2O3S2/c1-6-3-9(14)7(4-8(6)13)11(17)16-12-15-10(5-20-12)21(2,18)19/h3-5H,1-2H3,(H,15,16,17). The molecule has 0 aliphatic heterocycles. The van der Waals surface area contributed by atoms with E-state index in [1.807, 2.05) is 0 Å². The van der Waals surface area contributed by atoms with Gasteiger partial charge < -0.3 is 0 Å². The molecular weight excluding hydrogens is 355 g/mol. The molecule has 1 aromatic heterocycles. The first-order chi connectivity index (χ1) is 9.68. The molecule has 2 aromatic rings. The fourth-order valence-corrected chi connectivity index (χ4v) is 3.67. The van der Waals surface area contributed by atoms with Crippen molar-refractivity contribution in [3.63, 3.8) is 0 Å². The van der Waals surface area contributed by atoms with E-state index in [0.717, 1.165) is 23.2 Å². The van der Waals surface area contributed by atoms with Crippen molar-refractivity contribution in [2.75, 3.05) is 11.6 Å². The quantitative estimate of drug-likeness (QED) is 0.904. The molecule has 0 radical (unpaired) electrons. The van der Waals surface area contributed by atoms with Crippen molar-refractivity contribution < 1.29 is 13.2 Å². The van der Waals surface area contributed by atoms with Crippen molar-refractivity contribution in [2.45, 2.75) is 11.9 Å². The van der Waals surface area contributed by atoms with Gasteiger partial charge in [0.1, 0.15) is 0 Å². The van der Waals surface area contributed by atoms with Crippen molar-refractivity contribution in [3.05, 3.63) is 38.7 Å². The zero-order chi connectivity index (χ0) is 15.8. The first-order valence-corrected chi connectivity index (χ1v) is 9.14. The fraction of sp³-hybridized carbons (Fsp3) is 0.167. The second kappa shape index (κ2) is 5.92. The van der Waals surface area contributed by atoms with Gasteiger partial charge in [-0.1, -0.05) is 23.2 Å². The Kier molecular flexibility index (Phi) is 4.57. The Morgan fingerprint density at radius 3 is 2.52 bits per heavy atom. The number of aryl methyl sites for hydroxylation is 1. The average Bonchev–Trinajstić information content (AvgIpc) is 2.82. The number of carbonyl (C=O) groups is 1. The molecule has 0 saturated heterocycles. The van der Waals surface area contributed by atoms with E-state index in [1.165, 1.54) is 11.4 Å². The van der Waals surface area contributed by atoms with Crippen LogP contribution in [0.2, 0.25) is 10.0 Å². The van der Waals surface area contributed by atoms with Crippen LogP contribution in [0.5, 0.6) is 0 Å². The van der Waals surface area contributed by atoms with Gasteiger partial charge in [0.25, 0.3) is 5.91 Å². The highest BCUT2D eigenvalue weighted by Crippen LogP contribution is 2.26. The van der Waals surface area contributed by atoms with Gasteiger partial charge in [-0.15, -0.1) is 11.3 Å². The smallest absolute Gasteiger partial charge is 0.259 e. The van der Waals surface area contributed by atoms with Crippen LogP contribution in [0.3, 0.4) is 0 Å². The molecule has 0 atom stereocenters. The molecule has 1 heterocycles. The van der Waals surface area contributed by atoms with Crippen LogP contribution in [0, 0.1) is 6.92 Å². The fourth-order valence-electron chi connectivity index (χ4n) is 1.47. The highest BCUT2D eigenvalue weighted by Gasteiger charge is 2.17. The summed E-state index contributed by atoms with van der Waals surface area (Å²) in [5.41, 5.74) is 0.954. The van der Waals surface area contributed by atoms with Gasteiger partial charge in [-0.2, -0.15) is 0 Å². The predicted octanol–water partition coefficient (Wildman–Crippen LogP) is 3.41. The molecule has 1 amide bonds. The molecule has 0 fully saturated rings. The number of hydrogen-bond donors (Lipinski definition) is 1. The summed E-state index contributed by atoms with van der Waals surface area (Å²) in [5, 5.41) is 4.62. The monoisotopic (exact) mass is 364 g/mol. The summed E-state index contributed by atoms with van der Waals surface area (Å²) in [6.45, 7) is 1.77. The first kappa shape index (κ1) is 16.2.